The number of fused-ring (bicyclic) bond motifs is 2. The average molecular weight is 273 g/mol. The van der Waals surface area contributed by atoms with Crippen molar-refractivity contribution >= 4 is 5.97 Å². The number of carbonyl (C=O) groups is 1. The van der Waals surface area contributed by atoms with Crippen LogP contribution in [0.5, 0.6) is 0 Å². The fourth-order valence-corrected chi connectivity index (χ4v) is 3.96. The Morgan fingerprint density at radius 3 is 2.65 bits per heavy atom. The summed E-state index contributed by atoms with van der Waals surface area (Å²) in [7, 11) is 0. The highest BCUT2D eigenvalue weighted by molar-refractivity contribution is 5.71. The molecule has 2 saturated heterocycles. The highest BCUT2D eigenvalue weighted by Gasteiger charge is 2.52. The summed E-state index contributed by atoms with van der Waals surface area (Å²) >= 11 is 0. The van der Waals surface area contributed by atoms with Gasteiger partial charge in [0, 0.05) is 18.1 Å². The van der Waals surface area contributed by atoms with Crippen molar-refractivity contribution < 1.29 is 9.53 Å². The Hall–Kier alpha value is -1.35. The van der Waals surface area contributed by atoms with E-state index < -0.39 is 0 Å². The first kappa shape index (κ1) is 13.6. The molecule has 3 heteroatoms. The summed E-state index contributed by atoms with van der Waals surface area (Å²) in [6.07, 6.45) is 5.30. The lowest BCUT2D eigenvalue weighted by molar-refractivity contribution is -0.146. The topological polar surface area (TPSA) is 29.5 Å². The monoisotopic (exact) mass is 273 g/mol. The van der Waals surface area contributed by atoms with Crippen molar-refractivity contribution in [2.75, 3.05) is 6.61 Å². The van der Waals surface area contributed by atoms with Crippen LogP contribution in [-0.4, -0.2) is 29.1 Å². The summed E-state index contributed by atoms with van der Waals surface area (Å²) in [6, 6.07) is 11.2. The summed E-state index contributed by atoms with van der Waals surface area (Å²) in [4.78, 5) is 14.5. The van der Waals surface area contributed by atoms with E-state index in [4.69, 9.17) is 4.74 Å². The third-order valence-corrected chi connectivity index (χ3v) is 4.91. The third-order valence-electron chi connectivity index (χ3n) is 4.91. The van der Waals surface area contributed by atoms with Crippen molar-refractivity contribution in [2.45, 2.75) is 57.2 Å². The van der Waals surface area contributed by atoms with Gasteiger partial charge in [0.15, 0.2) is 0 Å². The molecular formula is C17H23NO2. The Bertz CT molecular complexity index is 463. The highest BCUT2D eigenvalue weighted by Crippen LogP contribution is 2.49. The molecule has 0 spiro atoms. The van der Waals surface area contributed by atoms with Gasteiger partial charge in [0.25, 0.3) is 0 Å². The minimum atomic E-state index is -0.0342. The lowest BCUT2D eigenvalue weighted by atomic mass is 9.85. The summed E-state index contributed by atoms with van der Waals surface area (Å²) in [5.41, 5.74) is 1.40. The maximum absolute atomic E-state index is 11.9. The molecule has 2 bridgehead atoms. The van der Waals surface area contributed by atoms with Gasteiger partial charge in [-0.15, -0.1) is 0 Å². The molecule has 0 radical (unpaired) electrons. The van der Waals surface area contributed by atoms with Crippen molar-refractivity contribution in [3.63, 3.8) is 0 Å². The summed E-state index contributed by atoms with van der Waals surface area (Å²) in [5.74, 6) is -0.0342. The van der Waals surface area contributed by atoms with Crippen LogP contribution in [0.4, 0.5) is 0 Å². The van der Waals surface area contributed by atoms with Crippen molar-refractivity contribution in [1.82, 2.24) is 4.90 Å². The SMILES string of the molecule is CCOC(=O)CC12CCC(CC1)N2Cc1ccccc1. The van der Waals surface area contributed by atoms with Gasteiger partial charge in [-0.05, 0) is 38.2 Å². The maximum atomic E-state index is 11.9. The fraction of sp³-hybridized carbons (Fsp3) is 0.588. The predicted octanol–water partition coefficient (Wildman–Crippen LogP) is 3.14. The minimum Gasteiger partial charge on any atom is -0.466 e. The van der Waals surface area contributed by atoms with Crippen molar-refractivity contribution in [3.05, 3.63) is 35.9 Å². The van der Waals surface area contributed by atoms with Crippen LogP contribution in [0.3, 0.4) is 0 Å². The molecule has 1 aromatic rings. The van der Waals surface area contributed by atoms with Gasteiger partial charge < -0.3 is 4.74 Å². The molecule has 0 aromatic heterocycles. The number of benzene rings is 1. The predicted molar refractivity (Wildman–Crippen MR) is 78.2 cm³/mol. The lowest BCUT2D eigenvalue weighted by Gasteiger charge is -2.34. The van der Waals surface area contributed by atoms with Crippen molar-refractivity contribution in [3.8, 4) is 0 Å². The molecule has 0 atom stereocenters. The molecule has 0 N–H and O–H groups in total. The number of carbonyl (C=O) groups excluding carboxylic acids is 1. The fourth-order valence-electron chi connectivity index (χ4n) is 3.96. The number of hydrogen-bond donors (Lipinski definition) is 0. The molecule has 0 unspecified atom stereocenters. The molecule has 0 aliphatic carbocycles. The van der Waals surface area contributed by atoms with E-state index in [1.165, 1.54) is 18.4 Å². The molecule has 0 amide bonds. The molecule has 108 valence electrons. The van der Waals surface area contributed by atoms with Crippen molar-refractivity contribution in [1.29, 1.82) is 0 Å². The van der Waals surface area contributed by atoms with Crippen LogP contribution in [0.1, 0.15) is 44.6 Å². The van der Waals surface area contributed by atoms with Crippen LogP contribution in [0.15, 0.2) is 30.3 Å². The van der Waals surface area contributed by atoms with E-state index >= 15 is 0 Å². The van der Waals surface area contributed by atoms with Crippen LogP contribution < -0.4 is 0 Å². The van der Waals surface area contributed by atoms with Gasteiger partial charge in [0.1, 0.15) is 0 Å². The Morgan fingerprint density at radius 2 is 2.00 bits per heavy atom. The first-order chi connectivity index (χ1) is 9.73. The Morgan fingerprint density at radius 1 is 1.30 bits per heavy atom. The van der Waals surface area contributed by atoms with E-state index in [0.29, 0.717) is 19.1 Å². The lowest BCUT2D eigenvalue weighted by Crippen LogP contribution is -2.42. The van der Waals surface area contributed by atoms with Crippen molar-refractivity contribution in [2.24, 2.45) is 0 Å². The van der Waals surface area contributed by atoms with Gasteiger partial charge in [-0.1, -0.05) is 30.3 Å². The zero-order chi connectivity index (χ0) is 14.0. The van der Waals surface area contributed by atoms with E-state index in [2.05, 4.69) is 35.2 Å². The molecular weight excluding hydrogens is 250 g/mol. The van der Waals surface area contributed by atoms with E-state index in [9.17, 15) is 4.79 Å². The van der Waals surface area contributed by atoms with Gasteiger partial charge in [-0.3, -0.25) is 9.69 Å². The van der Waals surface area contributed by atoms with Gasteiger partial charge >= 0.3 is 5.97 Å². The molecule has 1 aromatic carbocycles. The molecule has 3 rings (SSSR count). The van der Waals surface area contributed by atoms with Crippen LogP contribution in [0.25, 0.3) is 0 Å². The van der Waals surface area contributed by atoms with Gasteiger partial charge in [-0.25, -0.2) is 0 Å². The second-order valence-corrected chi connectivity index (χ2v) is 6.05. The van der Waals surface area contributed by atoms with Crippen LogP contribution >= 0.6 is 0 Å². The smallest absolute Gasteiger partial charge is 0.307 e. The second-order valence-electron chi connectivity index (χ2n) is 6.05. The Balaban J connectivity index is 1.74. The molecule has 0 saturated carbocycles. The number of rotatable bonds is 5. The first-order valence-corrected chi connectivity index (χ1v) is 7.70. The summed E-state index contributed by atoms with van der Waals surface area (Å²) in [6.45, 7) is 3.32. The van der Waals surface area contributed by atoms with E-state index in [1.54, 1.807) is 0 Å². The minimum absolute atomic E-state index is 0.0342. The van der Waals surface area contributed by atoms with Crippen LogP contribution in [0.2, 0.25) is 0 Å². The number of nitrogens with zero attached hydrogens (tertiary/aromatic N) is 1. The molecule has 20 heavy (non-hydrogen) atoms. The maximum Gasteiger partial charge on any atom is 0.307 e. The normalized spacial score (nSPS) is 28.8. The standard InChI is InChI=1S/C17H23NO2/c1-2-20-16(19)12-17-10-8-15(9-11-17)18(17)13-14-6-4-3-5-7-14/h3-7,15H,2,8-13H2,1H3. The molecule has 2 fully saturated rings. The summed E-state index contributed by atoms with van der Waals surface area (Å²) in [5, 5.41) is 0. The van der Waals surface area contributed by atoms with Gasteiger partial charge in [0.2, 0.25) is 0 Å². The number of ether oxygens (including phenoxy) is 1. The second kappa shape index (κ2) is 5.57. The largest absolute Gasteiger partial charge is 0.466 e. The molecule has 2 aliphatic heterocycles. The number of hydrogen-bond acceptors (Lipinski definition) is 3. The van der Waals surface area contributed by atoms with Crippen LogP contribution in [0, 0.1) is 0 Å². The molecule has 2 heterocycles. The van der Waals surface area contributed by atoms with E-state index in [0.717, 1.165) is 19.4 Å². The first-order valence-electron chi connectivity index (χ1n) is 7.70. The number of esters is 1. The van der Waals surface area contributed by atoms with Crippen LogP contribution in [-0.2, 0) is 16.1 Å². The molecule has 3 nitrogen and oxygen atoms in total. The van der Waals surface area contributed by atoms with Gasteiger partial charge in [-0.2, -0.15) is 0 Å². The quantitative estimate of drug-likeness (QED) is 0.772. The van der Waals surface area contributed by atoms with E-state index in [1.807, 2.05) is 6.92 Å². The average Bonchev–Trinajstić information content (AvgIpc) is 2.94. The Kier molecular flexibility index (Phi) is 3.79. The third kappa shape index (κ3) is 2.47. The zero-order valence-corrected chi connectivity index (χ0v) is 12.2. The molecule has 2 aliphatic rings. The van der Waals surface area contributed by atoms with Gasteiger partial charge in [0.05, 0.1) is 13.0 Å². The zero-order valence-electron chi connectivity index (χ0n) is 12.2. The Labute approximate surface area is 120 Å². The summed E-state index contributed by atoms with van der Waals surface area (Å²) < 4.78 is 5.18. The highest BCUT2D eigenvalue weighted by atomic mass is 16.5. The van der Waals surface area contributed by atoms with E-state index in [-0.39, 0.29) is 11.5 Å².